The maximum atomic E-state index is 11.4. The Hall–Kier alpha value is -1.30. The van der Waals surface area contributed by atoms with Gasteiger partial charge in [-0.1, -0.05) is 13.3 Å². The molecule has 0 unspecified atom stereocenters. The Labute approximate surface area is 96.5 Å². The molecule has 0 aliphatic carbocycles. The lowest BCUT2D eigenvalue weighted by Crippen LogP contribution is -2.44. The molecule has 0 aromatic carbocycles. The molecule has 0 aromatic rings. The quantitative estimate of drug-likeness (QED) is 0.538. The summed E-state index contributed by atoms with van der Waals surface area (Å²) in [6.45, 7) is 2.78. The van der Waals surface area contributed by atoms with E-state index in [0.717, 1.165) is 6.42 Å². The third-order valence-corrected chi connectivity index (χ3v) is 2.04. The summed E-state index contributed by atoms with van der Waals surface area (Å²) in [4.78, 5) is 23.9. The molecule has 4 N–H and O–H groups in total. The molecule has 0 aliphatic rings. The van der Waals surface area contributed by atoms with Gasteiger partial charge in [-0.3, -0.25) is 4.79 Å². The van der Waals surface area contributed by atoms with E-state index in [2.05, 4.69) is 10.6 Å². The van der Waals surface area contributed by atoms with Crippen LogP contribution in [-0.4, -0.2) is 50.1 Å². The van der Waals surface area contributed by atoms with Gasteiger partial charge < -0.3 is 21.3 Å². The Morgan fingerprint density at radius 1 is 1.25 bits per heavy atom. The zero-order valence-electron chi connectivity index (χ0n) is 10.2. The van der Waals surface area contributed by atoms with Crippen molar-refractivity contribution in [2.45, 2.75) is 25.8 Å². The van der Waals surface area contributed by atoms with Crippen molar-refractivity contribution >= 4 is 11.9 Å². The van der Waals surface area contributed by atoms with Crippen molar-refractivity contribution in [3.63, 3.8) is 0 Å². The predicted octanol–water partition coefficient (Wildman–Crippen LogP) is -0.499. The van der Waals surface area contributed by atoms with E-state index in [4.69, 9.17) is 5.73 Å². The summed E-state index contributed by atoms with van der Waals surface area (Å²) in [7, 11) is 3.32. The molecule has 1 atom stereocenters. The number of nitrogens with two attached hydrogens (primary N) is 1. The van der Waals surface area contributed by atoms with Crippen molar-refractivity contribution in [3.8, 4) is 0 Å². The summed E-state index contributed by atoms with van der Waals surface area (Å²) in [6.07, 6.45) is 1.56. The van der Waals surface area contributed by atoms with Crippen molar-refractivity contribution < 1.29 is 9.59 Å². The van der Waals surface area contributed by atoms with E-state index in [1.54, 1.807) is 14.1 Å². The summed E-state index contributed by atoms with van der Waals surface area (Å²) >= 11 is 0. The van der Waals surface area contributed by atoms with E-state index in [9.17, 15) is 9.59 Å². The number of carbonyl (C=O) groups is 2. The van der Waals surface area contributed by atoms with Crippen molar-refractivity contribution in [1.82, 2.24) is 15.5 Å². The number of nitrogens with zero attached hydrogens (tertiary/aromatic N) is 1. The van der Waals surface area contributed by atoms with Crippen LogP contribution in [0.3, 0.4) is 0 Å². The van der Waals surface area contributed by atoms with E-state index in [1.807, 2.05) is 6.92 Å². The standard InChI is InChI=1S/C10H22N4O2/c1-4-5-8(11)9(15)12-6-7-13-10(16)14(2)3/h8H,4-7,11H2,1-3H3,(H,12,15)(H,13,16)/t8-/m0/s1. The second-order valence-electron chi connectivity index (χ2n) is 3.81. The van der Waals surface area contributed by atoms with Crippen LogP contribution in [0.25, 0.3) is 0 Å². The van der Waals surface area contributed by atoms with Crippen LogP contribution in [0.4, 0.5) is 4.79 Å². The zero-order valence-corrected chi connectivity index (χ0v) is 10.2. The molecule has 6 heteroatoms. The van der Waals surface area contributed by atoms with Gasteiger partial charge in [-0.2, -0.15) is 0 Å². The molecule has 0 spiro atoms. The van der Waals surface area contributed by atoms with Gasteiger partial charge in [-0.25, -0.2) is 4.79 Å². The lowest BCUT2D eigenvalue weighted by atomic mass is 10.2. The van der Waals surface area contributed by atoms with Crippen molar-refractivity contribution in [2.24, 2.45) is 5.73 Å². The molecular weight excluding hydrogens is 208 g/mol. The fraction of sp³-hybridized carbons (Fsp3) is 0.800. The second kappa shape index (κ2) is 7.92. The van der Waals surface area contributed by atoms with Gasteiger partial charge in [0.05, 0.1) is 6.04 Å². The Morgan fingerprint density at radius 3 is 2.31 bits per heavy atom. The summed E-state index contributed by atoms with van der Waals surface area (Å²) in [6, 6.07) is -0.623. The fourth-order valence-corrected chi connectivity index (χ4v) is 1.09. The van der Waals surface area contributed by atoms with Crippen molar-refractivity contribution in [2.75, 3.05) is 27.2 Å². The first-order valence-corrected chi connectivity index (χ1v) is 5.47. The molecule has 0 rings (SSSR count). The topological polar surface area (TPSA) is 87.5 Å². The van der Waals surface area contributed by atoms with E-state index >= 15 is 0 Å². The molecular formula is C10H22N4O2. The first kappa shape index (κ1) is 14.7. The van der Waals surface area contributed by atoms with Crippen molar-refractivity contribution in [1.29, 1.82) is 0 Å². The smallest absolute Gasteiger partial charge is 0.316 e. The van der Waals surface area contributed by atoms with Crippen LogP contribution < -0.4 is 16.4 Å². The lowest BCUT2D eigenvalue weighted by molar-refractivity contribution is -0.122. The highest BCUT2D eigenvalue weighted by Gasteiger charge is 2.11. The maximum absolute atomic E-state index is 11.4. The van der Waals surface area contributed by atoms with Gasteiger partial charge in [0.1, 0.15) is 0 Å². The first-order valence-electron chi connectivity index (χ1n) is 5.47. The third kappa shape index (κ3) is 6.23. The molecule has 0 fully saturated rings. The molecule has 0 aromatic heterocycles. The predicted molar refractivity (Wildman–Crippen MR) is 63.0 cm³/mol. The molecule has 0 saturated heterocycles. The average Bonchev–Trinajstić information content (AvgIpc) is 2.23. The number of hydrogen-bond donors (Lipinski definition) is 3. The highest BCUT2D eigenvalue weighted by atomic mass is 16.2. The summed E-state index contributed by atoms with van der Waals surface area (Å²) in [5.41, 5.74) is 5.61. The molecule has 0 aliphatic heterocycles. The summed E-state index contributed by atoms with van der Waals surface area (Å²) in [5, 5.41) is 5.30. The highest BCUT2D eigenvalue weighted by Crippen LogP contribution is 1.92. The van der Waals surface area contributed by atoms with Crippen LogP contribution in [0.5, 0.6) is 0 Å². The Kier molecular flexibility index (Phi) is 7.28. The number of carbonyl (C=O) groups excluding carboxylic acids is 2. The van der Waals surface area contributed by atoms with E-state index in [-0.39, 0.29) is 11.9 Å². The molecule has 0 radical (unpaired) electrons. The number of hydrogen-bond acceptors (Lipinski definition) is 3. The molecule has 6 nitrogen and oxygen atoms in total. The Bertz CT molecular complexity index is 231. The van der Waals surface area contributed by atoms with Crippen molar-refractivity contribution in [3.05, 3.63) is 0 Å². The third-order valence-electron chi connectivity index (χ3n) is 2.04. The van der Waals surface area contributed by atoms with Crippen LogP contribution in [0.15, 0.2) is 0 Å². The van der Waals surface area contributed by atoms with Crippen LogP contribution in [0.1, 0.15) is 19.8 Å². The van der Waals surface area contributed by atoms with Crippen LogP contribution >= 0.6 is 0 Å². The highest BCUT2D eigenvalue weighted by molar-refractivity contribution is 5.81. The number of nitrogens with one attached hydrogen (secondary N) is 2. The van der Waals surface area contributed by atoms with Gasteiger partial charge >= 0.3 is 6.03 Å². The number of urea groups is 1. The van der Waals surface area contributed by atoms with Gasteiger partial charge in [0.2, 0.25) is 5.91 Å². The molecule has 94 valence electrons. The van der Waals surface area contributed by atoms with E-state index in [0.29, 0.717) is 19.5 Å². The molecule has 0 bridgehead atoms. The molecule has 0 saturated carbocycles. The van der Waals surface area contributed by atoms with Gasteiger partial charge in [0.15, 0.2) is 0 Å². The summed E-state index contributed by atoms with van der Waals surface area (Å²) < 4.78 is 0. The monoisotopic (exact) mass is 230 g/mol. The zero-order chi connectivity index (χ0) is 12.6. The summed E-state index contributed by atoms with van der Waals surface area (Å²) in [5.74, 6) is -0.166. The van der Waals surface area contributed by atoms with Gasteiger partial charge in [-0.05, 0) is 6.42 Å². The minimum atomic E-state index is -0.449. The van der Waals surface area contributed by atoms with E-state index in [1.165, 1.54) is 4.90 Å². The van der Waals surface area contributed by atoms with Gasteiger partial charge in [0.25, 0.3) is 0 Å². The maximum Gasteiger partial charge on any atom is 0.316 e. The normalized spacial score (nSPS) is 11.8. The fourth-order valence-electron chi connectivity index (χ4n) is 1.09. The lowest BCUT2D eigenvalue weighted by Gasteiger charge is -2.13. The van der Waals surface area contributed by atoms with Crippen LogP contribution in [-0.2, 0) is 4.79 Å². The van der Waals surface area contributed by atoms with E-state index < -0.39 is 6.04 Å². The average molecular weight is 230 g/mol. The largest absolute Gasteiger partial charge is 0.353 e. The molecule has 3 amide bonds. The van der Waals surface area contributed by atoms with Crippen LogP contribution in [0.2, 0.25) is 0 Å². The van der Waals surface area contributed by atoms with Crippen LogP contribution in [0, 0.1) is 0 Å². The van der Waals surface area contributed by atoms with Gasteiger partial charge in [0, 0.05) is 27.2 Å². The number of rotatable bonds is 6. The second-order valence-corrected chi connectivity index (χ2v) is 3.81. The molecule has 16 heavy (non-hydrogen) atoms. The first-order chi connectivity index (χ1) is 7.49. The number of amides is 3. The van der Waals surface area contributed by atoms with Gasteiger partial charge in [-0.15, -0.1) is 0 Å². The SMILES string of the molecule is CCC[C@H](N)C(=O)NCCNC(=O)N(C)C. The minimum absolute atomic E-state index is 0.166. The Morgan fingerprint density at radius 2 is 1.81 bits per heavy atom. The minimum Gasteiger partial charge on any atom is -0.353 e. The Balaban J connectivity index is 3.59. The molecule has 0 heterocycles.